The molecular weight excluding hydrogens is 178 g/mol. The summed E-state index contributed by atoms with van der Waals surface area (Å²) in [7, 11) is 0. The molecule has 0 amide bonds. The van der Waals surface area contributed by atoms with Crippen molar-refractivity contribution in [1.82, 2.24) is 5.32 Å². The van der Waals surface area contributed by atoms with Crippen molar-refractivity contribution in [3.8, 4) is 0 Å². The fourth-order valence-electron chi connectivity index (χ4n) is 2.43. The lowest BCUT2D eigenvalue weighted by Gasteiger charge is -2.32. The number of piperidine rings is 1. The zero-order chi connectivity index (χ0) is 9.97. The molecule has 1 saturated carbocycles. The van der Waals surface area contributed by atoms with E-state index >= 15 is 0 Å². The number of aliphatic hydroxyl groups excluding tert-OH is 1. The lowest BCUT2D eigenvalue weighted by atomic mass is 9.97. The number of hydrogen-bond acceptors (Lipinski definition) is 3. The first-order chi connectivity index (χ1) is 6.77. The molecule has 14 heavy (non-hydrogen) atoms. The summed E-state index contributed by atoms with van der Waals surface area (Å²) < 4.78 is 5.96. The molecule has 1 aliphatic heterocycles. The van der Waals surface area contributed by atoms with E-state index < -0.39 is 0 Å². The Kier molecular flexibility index (Phi) is 3.42. The van der Waals surface area contributed by atoms with Crippen LogP contribution in [-0.4, -0.2) is 36.5 Å². The molecule has 4 unspecified atom stereocenters. The molecule has 0 aromatic rings. The van der Waals surface area contributed by atoms with E-state index in [0.717, 1.165) is 32.4 Å². The van der Waals surface area contributed by atoms with E-state index in [1.807, 2.05) is 0 Å². The van der Waals surface area contributed by atoms with Crippen LogP contribution in [0.15, 0.2) is 0 Å². The number of nitrogens with one attached hydrogen (secondary N) is 1. The maximum atomic E-state index is 9.66. The largest absolute Gasteiger partial charge is 0.390 e. The van der Waals surface area contributed by atoms with Gasteiger partial charge in [-0.3, -0.25) is 0 Å². The maximum absolute atomic E-state index is 9.66. The molecule has 2 rings (SSSR count). The van der Waals surface area contributed by atoms with E-state index in [-0.39, 0.29) is 12.2 Å². The second kappa shape index (κ2) is 4.60. The first-order valence-electron chi connectivity index (χ1n) is 5.81. The van der Waals surface area contributed by atoms with Crippen LogP contribution in [0.25, 0.3) is 0 Å². The minimum absolute atomic E-state index is 0.0994. The molecule has 0 aromatic heterocycles. The predicted octanol–water partition coefficient (Wildman–Crippen LogP) is 0.914. The Balaban J connectivity index is 1.83. The Labute approximate surface area is 85.8 Å². The smallest absolute Gasteiger partial charge is 0.0838 e. The average molecular weight is 199 g/mol. The third-order valence-electron chi connectivity index (χ3n) is 3.52. The molecule has 82 valence electrons. The number of rotatable bonds is 2. The van der Waals surface area contributed by atoms with Gasteiger partial charge in [0.25, 0.3) is 0 Å². The van der Waals surface area contributed by atoms with Crippen molar-refractivity contribution < 1.29 is 9.84 Å². The van der Waals surface area contributed by atoms with Gasteiger partial charge in [0.2, 0.25) is 0 Å². The van der Waals surface area contributed by atoms with Crippen LogP contribution in [0.4, 0.5) is 0 Å². The van der Waals surface area contributed by atoms with Gasteiger partial charge < -0.3 is 15.2 Å². The maximum Gasteiger partial charge on any atom is 0.0838 e. The summed E-state index contributed by atoms with van der Waals surface area (Å²) in [4.78, 5) is 0. The van der Waals surface area contributed by atoms with Crippen molar-refractivity contribution >= 4 is 0 Å². The van der Waals surface area contributed by atoms with Crippen LogP contribution < -0.4 is 5.32 Å². The van der Waals surface area contributed by atoms with Crippen molar-refractivity contribution in [3.63, 3.8) is 0 Å². The van der Waals surface area contributed by atoms with E-state index in [0.29, 0.717) is 12.0 Å². The molecule has 0 aromatic carbocycles. The summed E-state index contributed by atoms with van der Waals surface area (Å²) in [6, 6.07) is 0. The van der Waals surface area contributed by atoms with Crippen molar-refractivity contribution in [2.24, 2.45) is 5.92 Å². The molecule has 0 bridgehead atoms. The molecule has 2 aliphatic rings. The van der Waals surface area contributed by atoms with Gasteiger partial charge in [-0.1, -0.05) is 6.92 Å². The Morgan fingerprint density at radius 2 is 2.07 bits per heavy atom. The van der Waals surface area contributed by atoms with Crippen molar-refractivity contribution in [2.75, 3.05) is 13.1 Å². The second-order valence-corrected chi connectivity index (χ2v) is 4.68. The van der Waals surface area contributed by atoms with Gasteiger partial charge in [-0.2, -0.15) is 0 Å². The van der Waals surface area contributed by atoms with Gasteiger partial charge in [-0.15, -0.1) is 0 Å². The van der Waals surface area contributed by atoms with Crippen LogP contribution in [0.2, 0.25) is 0 Å². The lowest BCUT2D eigenvalue weighted by Crippen LogP contribution is -2.44. The average Bonchev–Trinajstić information content (AvgIpc) is 2.56. The van der Waals surface area contributed by atoms with Crippen LogP contribution in [0.3, 0.4) is 0 Å². The molecule has 4 atom stereocenters. The highest BCUT2D eigenvalue weighted by molar-refractivity contribution is 4.82. The summed E-state index contributed by atoms with van der Waals surface area (Å²) in [5.41, 5.74) is 0. The minimum Gasteiger partial charge on any atom is -0.390 e. The Bertz CT molecular complexity index is 186. The van der Waals surface area contributed by atoms with E-state index in [9.17, 15) is 5.11 Å². The fraction of sp³-hybridized carbons (Fsp3) is 1.00. The molecule has 0 radical (unpaired) electrons. The Morgan fingerprint density at radius 1 is 1.21 bits per heavy atom. The third-order valence-corrected chi connectivity index (χ3v) is 3.52. The Morgan fingerprint density at radius 3 is 2.71 bits per heavy atom. The second-order valence-electron chi connectivity index (χ2n) is 4.68. The van der Waals surface area contributed by atoms with E-state index in [2.05, 4.69) is 12.2 Å². The number of hydrogen-bond donors (Lipinski definition) is 2. The van der Waals surface area contributed by atoms with E-state index in [1.54, 1.807) is 0 Å². The Hall–Kier alpha value is -0.120. The first kappa shape index (κ1) is 10.4. The summed E-state index contributed by atoms with van der Waals surface area (Å²) >= 11 is 0. The first-order valence-corrected chi connectivity index (χ1v) is 5.81. The number of aliphatic hydroxyl groups is 1. The lowest BCUT2D eigenvalue weighted by molar-refractivity contribution is -0.0857. The molecule has 3 nitrogen and oxygen atoms in total. The van der Waals surface area contributed by atoms with Gasteiger partial charge in [0, 0.05) is 6.54 Å². The van der Waals surface area contributed by atoms with Crippen molar-refractivity contribution in [3.05, 3.63) is 0 Å². The molecule has 1 saturated heterocycles. The topological polar surface area (TPSA) is 41.5 Å². The van der Waals surface area contributed by atoms with Gasteiger partial charge in [0.15, 0.2) is 0 Å². The quantitative estimate of drug-likeness (QED) is 0.694. The third kappa shape index (κ3) is 2.27. The molecule has 3 heteroatoms. The zero-order valence-electron chi connectivity index (χ0n) is 8.91. The molecule has 2 N–H and O–H groups in total. The van der Waals surface area contributed by atoms with Crippen LogP contribution in [0.1, 0.15) is 32.6 Å². The highest BCUT2D eigenvalue weighted by atomic mass is 16.5. The monoisotopic (exact) mass is 199 g/mol. The van der Waals surface area contributed by atoms with Crippen LogP contribution in [-0.2, 0) is 4.74 Å². The molecule has 0 spiro atoms. The van der Waals surface area contributed by atoms with Crippen molar-refractivity contribution in [2.45, 2.75) is 50.9 Å². The number of ether oxygens (including phenoxy) is 1. The highest BCUT2D eigenvalue weighted by Crippen LogP contribution is 2.26. The normalized spacial score (nSPS) is 44.1. The molecule has 1 aliphatic carbocycles. The van der Waals surface area contributed by atoms with Gasteiger partial charge in [-0.25, -0.2) is 0 Å². The predicted molar refractivity (Wildman–Crippen MR) is 55.2 cm³/mol. The van der Waals surface area contributed by atoms with Crippen LogP contribution in [0, 0.1) is 5.92 Å². The molecule has 1 heterocycles. The van der Waals surface area contributed by atoms with Crippen LogP contribution >= 0.6 is 0 Å². The van der Waals surface area contributed by atoms with Gasteiger partial charge in [-0.05, 0) is 38.1 Å². The fourth-order valence-corrected chi connectivity index (χ4v) is 2.43. The molecular formula is C11H21NO2. The SMILES string of the molecule is CC1CCNCC1OC1CCCC1O. The highest BCUT2D eigenvalue weighted by Gasteiger charge is 2.31. The molecule has 2 fully saturated rings. The summed E-state index contributed by atoms with van der Waals surface area (Å²) in [5, 5.41) is 13.0. The van der Waals surface area contributed by atoms with Crippen molar-refractivity contribution in [1.29, 1.82) is 0 Å². The summed E-state index contributed by atoms with van der Waals surface area (Å²) in [5.74, 6) is 0.629. The van der Waals surface area contributed by atoms with Crippen LogP contribution in [0.5, 0.6) is 0 Å². The van der Waals surface area contributed by atoms with Gasteiger partial charge in [0.05, 0.1) is 18.3 Å². The van der Waals surface area contributed by atoms with E-state index in [4.69, 9.17) is 4.74 Å². The van der Waals surface area contributed by atoms with Gasteiger partial charge in [0.1, 0.15) is 0 Å². The standard InChI is InChI=1S/C11H21NO2/c1-8-5-6-12-7-11(8)14-10-4-2-3-9(10)13/h8-13H,2-7H2,1H3. The zero-order valence-corrected chi connectivity index (χ0v) is 8.91. The van der Waals surface area contributed by atoms with Gasteiger partial charge >= 0.3 is 0 Å². The summed E-state index contributed by atoms with van der Waals surface area (Å²) in [6.07, 6.45) is 4.44. The minimum atomic E-state index is -0.218. The van der Waals surface area contributed by atoms with E-state index in [1.165, 1.54) is 6.42 Å². The summed E-state index contributed by atoms with van der Waals surface area (Å²) in [6.45, 7) is 4.30.